The van der Waals surface area contributed by atoms with E-state index in [1.54, 1.807) is 0 Å². The molecule has 106 valence electrons. The second-order valence-corrected chi connectivity index (χ2v) is 5.06. The van der Waals surface area contributed by atoms with Crippen LogP contribution < -0.4 is 0 Å². The molecule has 0 atom stereocenters. The number of unbranched alkanes of at least 4 members (excludes halogenated alkanes) is 4. The van der Waals surface area contributed by atoms with Crippen molar-refractivity contribution in [1.29, 1.82) is 0 Å². The van der Waals surface area contributed by atoms with Gasteiger partial charge in [-0.05, 0) is 19.3 Å². The van der Waals surface area contributed by atoms with Crippen LogP contribution in [0.5, 0.6) is 0 Å². The maximum Gasteiger partial charge on any atom is 0.249 e. The molecule has 0 radical (unpaired) electrons. The van der Waals surface area contributed by atoms with Crippen LogP contribution in [0.2, 0.25) is 0 Å². The maximum atomic E-state index is 12.2. The van der Waals surface area contributed by atoms with E-state index >= 15 is 0 Å². The SMILES string of the molecule is C=C(CCC)C(=O)N(CCCCC)CCCCC. The normalized spacial score (nSPS) is 10.4. The number of hydrogen-bond donors (Lipinski definition) is 0. The fourth-order valence-corrected chi connectivity index (χ4v) is 2.05. The molecule has 0 aliphatic rings. The van der Waals surface area contributed by atoms with Crippen LogP contribution in [0.4, 0.5) is 0 Å². The molecule has 0 unspecified atom stereocenters. The lowest BCUT2D eigenvalue weighted by molar-refractivity contribution is -0.127. The minimum atomic E-state index is 0.184. The molecule has 0 aromatic rings. The maximum absolute atomic E-state index is 12.2. The van der Waals surface area contributed by atoms with Crippen molar-refractivity contribution < 1.29 is 4.79 Å². The van der Waals surface area contributed by atoms with E-state index in [1.165, 1.54) is 25.7 Å². The molecule has 2 heteroatoms. The number of hydrogen-bond acceptors (Lipinski definition) is 1. The minimum absolute atomic E-state index is 0.184. The summed E-state index contributed by atoms with van der Waals surface area (Å²) >= 11 is 0. The fourth-order valence-electron chi connectivity index (χ4n) is 2.05. The monoisotopic (exact) mass is 253 g/mol. The predicted octanol–water partition coefficient (Wildman–Crippen LogP) is 4.55. The van der Waals surface area contributed by atoms with E-state index in [1.807, 2.05) is 4.90 Å². The van der Waals surface area contributed by atoms with E-state index in [2.05, 4.69) is 27.4 Å². The van der Waals surface area contributed by atoms with Gasteiger partial charge in [-0.15, -0.1) is 0 Å². The molecule has 0 aliphatic heterocycles. The van der Waals surface area contributed by atoms with Gasteiger partial charge in [0, 0.05) is 18.7 Å². The van der Waals surface area contributed by atoms with Gasteiger partial charge in [0.15, 0.2) is 0 Å². The van der Waals surface area contributed by atoms with Gasteiger partial charge in [-0.25, -0.2) is 0 Å². The standard InChI is InChI=1S/C16H31NO/c1-5-8-10-13-17(14-11-9-6-2)16(18)15(4)12-7-3/h4-14H2,1-3H3. The van der Waals surface area contributed by atoms with Crippen LogP contribution in [0.3, 0.4) is 0 Å². The van der Waals surface area contributed by atoms with Crippen LogP contribution >= 0.6 is 0 Å². The average molecular weight is 253 g/mol. The summed E-state index contributed by atoms with van der Waals surface area (Å²) in [5.41, 5.74) is 0.783. The molecule has 0 bridgehead atoms. The predicted molar refractivity (Wildman–Crippen MR) is 79.7 cm³/mol. The van der Waals surface area contributed by atoms with E-state index in [0.717, 1.165) is 44.3 Å². The third kappa shape index (κ3) is 7.52. The van der Waals surface area contributed by atoms with E-state index in [4.69, 9.17) is 0 Å². The molecule has 0 aromatic heterocycles. The van der Waals surface area contributed by atoms with E-state index in [0.29, 0.717) is 0 Å². The van der Waals surface area contributed by atoms with Gasteiger partial charge in [0.1, 0.15) is 0 Å². The molecular formula is C16H31NO. The summed E-state index contributed by atoms with van der Waals surface area (Å²) in [4.78, 5) is 14.3. The molecule has 0 aliphatic carbocycles. The summed E-state index contributed by atoms with van der Waals surface area (Å²) in [5, 5.41) is 0. The third-order valence-corrected chi connectivity index (χ3v) is 3.20. The first-order valence-corrected chi connectivity index (χ1v) is 7.64. The van der Waals surface area contributed by atoms with Crippen LogP contribution in [-0.2, 0) is 4.79 Å². The zero-order valence-electron chi connectivity index (χ0n) is 12.6. The lowest BCUT2D eigenvalue weighted by Gasteiger charge is -2.23. The summed E-state index contributed by atoms with van der Waals surface area (Å²) < 4.78 is 0. The topological polar surface area (TPSA) is 20.3 Å². The van der Waals surface area contributed by atoms with Crippen molar-refractivity contribution >= 4 is 5.91 Å². The van der Waals surface area contributed by atoms with Crippen LogP contribution in [-0.4, -0.2) is 23.9 Å². The Morgan fingerprint density at radius 3 is 1.78 bits per heavy atom. The quantitative estimate of drug-likeness (QED) is 0.391. The van der Waals surface area contributed by atoms with Crippen molar-refractivity contribution in [2.45, 2.75) is 72.1 Å². The number of nitrogens with zero attached hydrogens (tertiary/aromatic N) is 1. The molecule has 1 amide bonds. The van der Waals surface area contributed by atoms with Crippen molar-refractivity contribution in [2.75, 3.05) is 13.1 Å². The van der Waals surface area contributed by atoms with Crippen LogP contribution in [0.15, 0.2) is 12.2 Å². The Kier molecular flexibility index (Phi) is 10.8. The molecule has 0 aromatic carbocycles. The molecule has 18 heavy (non-hydrogen) atoms. The van der Waals surface area contributed by atoms with E-state index in [9.17, 15) is 4.79 Å². The Labute approximate surface area is 113 Å². The Morgan fingerprint density at radius 2 is 1.39 bits per heavy atom. The molecular weight excluding hydrogens is 222 g/mol. The largest absolute Gasteiger partial charge is 0.339 e. The van der Waals surface area contributed by atoms with Gasteiger partial charge in [0.05, 0.1) is 0 Å². The highest BCUT2D eigenvalue weighted by molar-refractivity contribution is 5.92. The first kappa shape index (κ1) is 17.2. The molecule has 0 heterocycles. The Balaban J connectivity index is 4.24. The van der Waals surface area contributed by atoms with Gasteiger partial charge >= 0.3 is 0 Å². The van der Waals surface area contributed by atoms with Crippen molar-refractivity contribution in [3.05, 3.63) is 12.2 Å². The first-order chi connectivity index (χ1) is 8.67. The Morgan fingerprint density at radius 1 is 0.889 bits per heavy atom. The van der Waals surface area contributed by atoms with Crippen LogP contribution in [0.25, 0.3) is 0 Å². The van der Waals surface area contributed by atoms with Gasteiger partial charge in [0.25, 0.3) is 0 Å². The zero-order chi connectivity index (χ0) is 13.8. The summed E-state index contributed by atoms with van der Waals surface area (Å²) in [5.74, 6) is 0.184. The second kappa shape index (κ2) is 11.3. The van der Waals surface area contributed by atoms with Crippen molar-refractivity contribution in [2.24, 2.45) is 0 Å². The Bertz CT molecular complexity index is 225. The minimum Gasteiger partial charge on any atom is -0.339 e. The summed E-state index contributed by atoms with van der Waals surface area (Å²) in [6, 6.07) is 0. The highest BCUT2D eigenvalue weighted by Crippen LogP contribution is 2.10. The summed E-state index contributed by atoms with van der Waals surface area (Å²) in [6.07, 6.45) is 8.89. The van der Waals surface area contributed by atoms with Gasteiger partial charge < -0.3 is 4.90 Å². The van der Waals surface area contributed by atoms with Crippen LogP contribution in [0.1, 0.15) is 72.1 Å². The molecule has 0 N–H and O–H groups in total. The highest BCUT2D eigenvalue weighted by Gasteiger charge is 2.15. The number of carbonyl (C=O) groups excluding carboxylic acids is 1. The number of carbonyl (C=O) groups is 1. The van der Waals surface area contributed by atoms with Crippen molar-refractivity contribution in [3.63, 3.8) is 0 Å². The summed E-state index contributed by atoms with van der Waals surface area (Å²) in [6.45, 7) is 12.2. The molecule has 0 spiro atoms. The third-order valence-electron chi connectivity index (χ3n) is 3.20. The molecule has 0 rings (SSSR count). The van der Waals surface area contributed by atoms with E-state index in [-0.39, 0.29) is 5.91 Å². The lowest BCUT2D eigenvalue weighted by Crippen LogP contribution is -2.33. The highest BCUT2D eigenvalue weighted by atomic mass is 16.2. The van der Waals surface area contributed by atoms with Crippen molar-refractivity contribution in [3.8, 4) is 0 Å². The van der Waals surface area contributed by atoms with Gasteiger partial charge in [0.2, 0.25) is 5.91 Å². The zero-order valence-corrected chi connectivity index (χ0v) is 12.6. The molecule has 0 saturated heterocycles. The lowest BCUT2D eigenvalue weighted by atomic mass is 10.1. The first-order valence-electron chi connectivity index (χ1n) is 7.64. The smallest absolute Gasteiger partial charge is 0.249 e. The second-order valence-electron chi connectivity index (χ2n) is 5.06. The Hall–Kier alpha value is -0.790. The molecule has 0 saturated carbocycles. The van der Waals surface area contributed by atoms with Crippen molar-refractivity contribution in [1.82, 2.24) is 4.90 Å². The average Bonchev–Trinajstić information content (AvgIpc) is 2.37. The fraction of sp³-hybridized carbons (Fsp3) is 0.812. The van der Waals surface area contributed by atoms with Crippen LogP contribution in [0, 0.1) is 0 Å². The van der Waals surface area contributed by atoms with E-state index < -0.39 is 0 Å². The summed E-state index contributed by atoms with van der Waals surface area (Å²) in [7, 11) is 0. The number of amides is 1. The van der Waals surface area contributed by atoms with Gasteiger partial charge in [-0.2, -0.15) is 0 Å². The van der Waals surface area contributed by atoms with Gasteiger partial charge in [-0.3, -0.25) is 4.79 Å². The molecule has 0 fully saturated rings. The molecule has 2 nitrogen and oxygen atoms in total. The number of rotatable bonds is 11. The van der Waals surface area contributed by atoms with Gasteiger partial charge in [-0.1, -0.05) is 59.5 Å².